The first-order valence-electron chi connectivity index (χ1n) is 7.41. The molecule has 2 fully saturated rings. The molecule has 0 radical (unpaired) electrons. The van der Waals surface area contributed by atoms with Gasteiger partial charge in [-0.2, -0.15) is 0 Å². The molecule has 114 valence electrons. The Hall–Kier alpha value is -1.40. The molecule has 0 spiro atoms. The van der Waals surface area contributed by atoms with Crippen molar-refractivity contribution < 1.29 is 14.3 Å². The maximum absolute atomic E-state index is 12.3. The Labute approximate surface area is 127 Å². The molecule has 0 saturated heterocycles. The van der Waals surface area contributed by atoms with E-state index in [0.717, 1.165) is 31.2 Å². The van der Waals surface area contributed by atoms with E-state index >= 15 is 0 Å². The van der Waals surface area contributed by atoms with E-state index in [1.165, 1.54) is 11.3 Å². The van der Waals surface area contributed by atoms with Crippen molar-refractivity contribution in [3.05, 3.63) is 16.5 Å². The molecular formula is C15H20N2O3S. The van der Waals surface area contributed by atoms with Gasteiger partial charge in [0.2, 0.25) is 5.91 Å². The average Bonchev–Trinajstić information content (AvgIpc) is 3.37. The van der Waals surface area contributed by atoms with E-state index in [4.69, 9.17) is 10.5 Å². The number of carbonyl (C=O) groups excluding carboxylic acids is 2. The van der Waals surface area contributed by atoms with Gasteiger partial charge in [-0.1, -0.05) is 0 Å². The normalized spacial score (nSPS) is 19.1. The number of hydrogen-bond acceptors (Lipinski definition) is 5. The molecule has 3 N–H and O–H groups in total. The van der Waals surface area contributed by atoms with Crippen LogP contribution < -0.4 is 11.1 Å². The molecule has 0 bridgehead atoms. The minimum Gasteiger partial charge on any atom is -0.462 e. The van der Waals surface area contributed by atoms with Gasteiger partial charge in [0.15, 0.2) is 0 Å². The molecule has 2 aliphatic rings. The molecule has 1 amide bonds. The van der Waals surface area contributed by atoms with Gasteiger partial charge in [-0.3, -0.25) is 4.79 Å². The molecule has 1 aromatic rings. The highest BCUT2D eigenvalue weighted by atomic mass is 32.1. The quantitative estimate of drug-likeness (QED) is 0.791. The summed E-state index contributed by atoms with van der Waals surface area (Å²) in [6.07, 6.45) is 3.85. The Bertz CT molecular complexity index is 573. The van der Waals surface area contributed by atoms with E-state index in [9.17, 15) is 9.59 Å². The van der Waals surface area contributed by atoms with Crippen molar-refractivity contribution in [1.29, 1.82) is 0 Å². The number of ether oxygens (including phenoxy) is 1. The van der Waals surface area contributed by atoms with Crippen LogP contribution in [0.25, 0.3) is 0 Å². The fourth-order valence-electron chi connectivity index (χ4n) is 2.48. The van der Waals surface area contributed by atoms with Crippen LogP contribution in [0.1, 0.15) is 54.4 Å². The lowest BCUT2D eigenvalue weighted by atomic mass is 10.1. The van der Waals surface area contributed by atoms with Crippen LogP contribution in [-0.2, 0) is 9.53 Å². The van der Waals surface area contributed by atoms with Gasteiger partial charge in [0.1, 0.15) is 5.00 Å². The predicted octanol–water partition coefficient (Wildman–Crippen LogP) is 2.48. The lowest BCUT2D eigenvalue weighted by Crippen LogP contribution is -2.31. The molecular weight excluding hydrogens is 288 g/mol. The van der Waals surface area contributed by atoms with E-state index in [1.807, 2.05) is 5.38 Å². The average molecular weight is 308 g/mol. The Balaban J connectivity index is 1.84. The zero-order valence-corrected chi connectivity index (χ0v) is 12.9. The standard InChI is InChI=1S/C15H20N2O3S/c1-2-20-13(18)11-10(9-3-4-9)7-21-12(11)17-14(19)15(8-16)5-6-15/h7,9H,2-6,8,16H2,1H3,(H,17,19). The van der Waals surface area contributed by atoms with Gasteiger partial charge in [0, 0.05) is 6.54 Å². The lowest BCUT2D eigenvalue weighted by molar-refractivity contribution is -0.120. The molecule has 2 aliphatic carbocycles. The van der Waals surface area contributed by atoms with Gasteiger partial charge in [0.05, 0.1) is 17.6 Å². The minimum absolute atomic E-state index is 0.0697. The molecule has 5 nitrogen and oxygen atoms in total. The maximum Gasteiger partial charge on any atom is 0.341 e. The van der Waals surface area contributed by atoms with Crippen LogP contribution in [0.5, 0.6) is 0 Å². The summed E-state index contributed by atoms with van der Waals surface area (Å²) in [6.45, 7) is 2.47. The van der Waals surface area contributed by atoms with Gasteiger partial charge < -0.3 is 15.8 Å². The third-order valence-electron chi connectivity index (χ3n) is 4.27. The number of amides is 1. The largest absolute Gasteiger partial charge is 0.462 e. The van der Waals surface area contributed by atoms with Crippen LogP contribution in [0, 0.1) is 5.41 Å². The van der Waals surface area contributed by atoms with Crippen LogP contribution in [-0.4, -0.2) is 25.0 Å². The Morgan fingerprint density at radius 3 is 2.71 bits per heavy atom. The van der Waals surface area contributed by atoms with Crippen LogP contribution >= 0.6 is 11.3 Å². The highest BCUT2D eigenvalue weighted by Crippen LogP contribution is 2.48. The first-order chi connectivity index (χ1) is 10.1. The molecule has 3 rings (SSSR count). The fourth-order valence-corrected chi connectivity index (χ4v) is 3.51. The SMILES string of the molecule is CCOC(=O)c1c(C2CC2)csc1NC(=O)C1(CN)CC1. The van der Waals surface area contributed by atoms with Gasteiger partial charge in [-0.05, 0) is 49.5 Å². The van der Waals surface area contributed by atoms with Crippen molar-refractivity contribution in [3.8, 4) is 0 Å². The lowest BCUT2D eigenvalue weighted by Gasteiger charge is -2.13. The molecule has 2 saturated carbocycles. The monoisotopic (exact) mass is 308 g/mol. The molecule has 0 aliphatic heterocycles. The number of carbonyl (C=O) groups is 2. The van der Waals surface area contributed by atoms with Crippen molar-refractivity contribution in [1.82, 2.24) is 0 Å². The molecule has 0 atom stereocenters. The first kappa shape index (κ1) is 14.5. The van der Waals surface area contributed by atoms with Gasteiger partial charge >= 0.3 is 5.97 Å². The highest BCUT2D eigenvalue weighted by molar-refractivity contribution is 7.15. The summed E-state index contributed by atoms with van der Waals surface area (Å²) in [5.41, 5.74) is 6.83. The highest BCUT2D eigenvalue weighted by Gasteiger charge is 2.49. The van der Waals surface area contributed by atoms with E-state index in [-0.39, 0.29) is 11.9 Å². The number of thiophene rings is 1. The maximum atomic E-state index is 12.3. The molecule has 1 aromatic heterocycles. The zero-order chi connectivity index (χ0) is 15.0. The van der Waals surface area contributed by atoms with Gasteiger partial charge in [-0.25, -0.2) is 4.79 Å². The summed E-state index contributed by atoms with van der Waals surface area (Å²) in [5, 5.41) is 5.49. The van der Waals surface area contributed by atoms with Gasteiger partial charge in [0.25, 0.3) is 0 Å². The summed E-state index contributed by atoms with van der Waals surface area (Å²) in [7, 11) is 0. The van der Waals surface area contributed by atoms with Crippen molar-refractivity contribution in [3.63, 3.8) is 0 Å². The Kier molecular flexibility index (Phi) is 3.75. The van der Waals surface area contributed by atoms with E-state index in [1.54, 1.807) is 6.92 Å². The van der Waals surface area contributed by atoms with Crippen LogP contribution in [0.2, 0.25) is 0 Å². The third-order valence-corrected chi connectivity index (χ3v) is 5.18. The van der Waals surface area contributed by atoms with Crippen molar-refractivity contribution >= 4 is 28.2 Å². The van der Waals surface area contributed by atoms with Crippen molar-refractivity contribution in [2.45, 2.75) is 38.5 Å². The van der Waals surface area contributed by atoms with E-state index in [0.29, 0.717) is 29.6 Å². The molecule has 6 heteroatoms. The van der Waals surface area contributed by atoms with Gasteiger partial charge in [-0.15, -0.1) is 11.3 Å². The summed E-state index contributed by atoms with van der Waals surface area (Å²) >= 11 is 1.41. The van der Waals surface area contributed by atoms with Crippen molar-refractivity contribution in [2.75, 3.05) is 18.5 Å². The number of anilines is 1. The summed E-state index contributed by atoms with van der Waals surface area (Å²) in [4.78, 5) is 24.5. The number of hydrogen-bond donors (Lipinski definition) is 2. The zero-order valence-electron chi connectivity index (χ0n) is 12.1. The van der Waals surface area contributed by atoms with Crippen LogP contribution in [0.15, 0.2) is 5.38 Å². The van der Waals surface area contributed by atoms with Crippen LogP contribution in [0.4, 0.5) is 5.00 Å². The Morgan fingerprint density at radius 1 is 1.48 bits per heavy atom. The molecule has 0 unspecified atom stereocenters. The summed E-state index contributed by atoms with van der Waals surface area (Å²) in [6, 6.07) is 0. The second-order valence-electron chi connectivity index (χ2n) is 5.83. The van der Waals surface area contributed by atoms with Crippen molar-refractivity contribution in [2.24, 2.45) is 11.1 Å². The second-order valence-corrected chi connectivity index (χ2v) is 6.71. The fraction of sp³-hybridized carbons (Fsp3) is 0.600. The summed E-state index contributed by atoms with van der Waals surface area (Å²) in [5.74, 6) is 0.0315. The summed E-state index contributed by atoms with van der Waals surface area (Å²) < 4.78 is 5.15. The first-order valence-corrected chi connectivity index (χ1v) is 8.29. The third kappa shape index (κ3) is 2.70. The smallest absolute Gasteiger partial charge is 0.341 e. The number of rotatable bonds is 6. The van der Waals surface area contributed by atoms with E-state index in [2.05, 4.69) is 5.32 Å². The number of nitrogens with two attached hydrogens (primary N) is 1. The molecule has 0 aromatic carbocycles. The van der Waals surface area contributed by atoms with Crippen LogP contribution in [0.3, 0.4) is 0 Å². The molecule has 1 heterocycles. The topological polar surface area (TPSA) is 81.4 Å². The number of esters is 1. The predicted molar refractivity (Wildman–Crippen MR) is 81.6 cm³/mol. The van der Waals surface area contributed by atoms with E-state index < -0.39 is 5.41 Å². The minimum atomic E-state index is -0.421. The molecule has 21 heavy (non-hydrogen) atoms. The Morgan fingerprint density at radius 2 is 2.19 bits per heavy atom. The number of nitrogens with one attached hydrogen (secondary N) is 1. The second kappa shape index (κ2) is 5.42.